The third kappa shape index (κ3) is 2.42. The molecule has 0 spiro atoms. The van der Waals surface area contributed by atoms with E-state index >= 15 is 0 Å². The van der Waals surface area contributed by atoms with Crippen LogP contribution in [0.2, 0.25) is 0 Å². The van der Waals surface area contributed by atoms with Gasteiger partial charge in [0.05, 0.1) is 11.2 Å². The maximum atomic E-state index is 13.6. The van der Waals surface area contributed by atoms with Crippen molar-refractivity contribution in [2.75, 3.05) is 7.05 Å². The zero-order valence-electron chi connectivity index (χ0n) is 10.4. The average molecular weight is 268 g/mol. The molecular formula is C13H14F2N2S. The summed E-state index contributed by atoms with van der Waals surface area (Å²) in [5, 5.41) is 5.79. The molecular weight excluding hydrogens is 254 g/mol. The second-order valence-corrected chi connectivity index (χ2v) is 5.40. The minimum atomic E-state index is -0.589. The molecule has 0 unspecified atom stereocenters. The molecule has 2 nitrogen and oxygen atoms in total. The first-order chi connectivity index (χ1) is 8.44. The van der Waals surface area contributed by atoms with Gasteiger partial charge in [0.15, 0.2) is 0 Å². The summed E-state index contributed by atoms with van der Waals surface area (Å²) in [5.74, 6) is -1.17. The van der Waals surface area contributed by atoms with Gasteiger partial charge in [0, 0.05) is 17.0 Å². The fourth-order valence-corrected chi connectivity index (χ4v) is 2.44. The van der Waals surface area contributed by atoms with E-state index in [4.69, 9.17) is 0 Å². The number of hydrogen-bond acceptors (Lipinski definition) is 3. The second kappa shape index (κ2) is 4.74. The third-order valence-corrected chi connectivity index (χ3v) is 4.04. The van der Waals surface area contributed by atoms with Crippen LogP contribution < -0.4 is 5.32 Å². The lowest BCUT2D eigenvalue weighted by Gasteiger charge is -2.20. The minimum absolute atomic E-state index is 0.264. The zero-order valence-corrected chi connectivity index (χ0v) is 11.2. The maximum Gasteiger partial charge on any atom is 0.135 e. The number of nitrogens with one attached hydrogen (secondary N) is 1. The summed E-state index contributed by atoms with van der Waals surface area (Å²) < 4.78 is 26.5. The van der Waals surface area contributed by atoms with Gasteiger partial charge in [0.25, 0.3) is 0 Å². The molecule has 0 radical (unpaired) electrons. The highest BCUT2D eigenvalue weighted by molar-refractivity contribution is 7.10. The first-order valence-corrected chi connectivity index (χ1v) is 6.42. The molecule has 0 bridgehead atoms. The summed E-state index contributed by atoms with van der Waals surface area (Å²) in [5.41, 5.74) is 0.598. The van der Waals surface area contributed by atoms with Gasteiger partial charge in [0.1, 0.15) is 16.6 Å². The smallest absolute Gasteiger partial charge is 0.135 e. The van der Waals surface area contributed by atoms with Gasteiger partial charge in [-0.2, -0.15) is 0 Å². The molecule has 2 aromatic rings. The fraction of sp³-hybridized carbons (Fsp3) is 0.308. The molecule has 0 saturated carbocycles. The van der Waals surface area contributed by atoms with Crippen LogP contribution in [0.4, 0.5) is 8.78 Å². The van der Waals surface area contributed by atoms with Gasteiger partial charge in [-0.1, -0.05) is 0 Å². The molecule has 5 heteroatoms. The summed E-state index contributed by atoms with van der Waals surface area (Å²) in [6.45, 7) is 3.99. The van der Waals surface area contributed by atoms with Crippen molar-refractivity contribution in [2.24, 2.45) is 0 Å². The zero-order chi connectivity index (χ0) is 13.3. The minimum Gasteiger partial charge on any atom is -0.309 e. The highest BCUT2D eigenvalue weighted by atomic mass is 32.1. The molecule has 0 atom stereocenters. The number of hydrogen-bond donors (Lipinski definition) is 1. The molecule has 1 aromatic heterocycles. The summed E-state index contributed by atoms with van der Waals surface area (Å²) >= 11 is 1.45. The lowest BCUT2D eigenvalue weighted by molar-refractivity contribution is 0.442. The van der Waals surface area contributed by atoms with Crippen LogP contribution in [0.5, 0.6) is 0 Å². The van der Waals surface area contributed by atoms with Crippen molar-refractivity contribution in [3.8, 4) is 11.3 Å². The third-order valence-electron chi connectivity index (χ3n) is 2.87. The number of benzene rings is 1. The Bertz CT molecular complexity index is 564. The van der Waals surface area contributed by atoms with Crippen molar-refractivity contribution >= 4 is 11.3 Å². The van der Waals surface area contributed by atoms with Crippen molar-refractivity contribution in [2.45, 2.75) is 19.4 Å². The van der Waals surface area contributed by atoms with Crippen LogP contribution in [-0.4, -0.2) is 12.0 Å². The molecule has 18 heavy (non-hydrogen) atoms. The van der Waals surface area contributed by atoms with Crippen molar-refractivity contribution < 1.29 is 8.78 Å². The molecule has 96 valence electrons. The number of thiazole rings is 1. The van der Waals surface area contributed by atoms with Crippen molar-refractivity contribution in [1.82, 2.24) is 10.3 Å². The van der Waals surface area contributed by atoms with Gasteiger partial charge in [0.2, 0.25) is 0 Å². The van der Waals surface area contributed by atoms with Gasteiger partial charge >= 0.3 is 0 Å². The van der Waals surface area contributed by atoms with Crippen molar-refractivity contribution in [3.63, 3.8) is 0 Å². The highest BCUT2D eigenvalue weighted by Gasteiger charge is 2.22. The molecule has 0 aliphatic carbocycles. The monoisotopic (exact) mass is 268 g/mol. The number of aromatic nitrogens is 1. The van der Waals surface area contributed by atoms with E-state index in [2.05, 4.69) is 10.3 Å². The summed E-state index contributed by atoms with van der Waals surface area (Å²) in [6.07, 6.45) is 0. The Balaban J connectivity index is 2.41. The van der Waals surface area contributed by atoms with Gasteiger partial charge < -0.3 is 5.32 Å². The van der Waals surface area contributed by atoms with E-state index in [9.17, 15) is 8.78 Å². The summed E-state index contributed by atoms with van der Waals surface area (Å²) in [4.78, 5) is 4.41. The van der Waals surface area contributed by atoms with Crippen LogP contribution in [0.15, 0.2) is 23.6 Å². The summed E-state index contributed by atoms with van der Waals surface area (Å²) in [6, 6.07) is 3.52. The van der Waals surface area contributed by atoms with Crippen LogP contribution in [0.3, 0.4) is 0 Å². The molecule has 0 amide bonds. The summed E-state index contributed by atoms with van der Waals surface area (Å²) in [7, 11) is 1.85. The van der Waals surface area contributed by atoms with Crippen LogP contribution in [0, 0.1) is 11.6 Å². The Kier molecular flexibility index (Phi) is 3.45. The fourth-order valence-electron chi connectivity index (χ4n) is 1.49. The van der Waals surface area contributed by atoms with Gasteiger partial charge in [-0.15, -0.1) is 11.3 Å². The van der Waals surface area contributed by atoms with Crippen LogP contribution >= 0.6 is 11.3 Å². The lowest BCUT2D eigenvalue weighted by atomic mass is 10.1. The first-order valence-electron chi connectivity index (χ1n) is 5.54. The Labute approximate surface area is 109 Å². The Hall–Kier alpha value is -1.33. The maximum absolute atomic E-state index is 13.6. The Morgan fingerprint density at radius 2 is 2.00 bits per heavy atom. The van der Waals surface area contributed by atoms with E-state index in [-0.39, 0.29) is 5.54 Å². The average Bonchev–Trinajstić information content (AvgIpc) is 2.79. The molecule has 1 N–H and O–H groups in total. The van der Waals surface area contributed by atoms with Gasteiger partial charge in [-0.25, -0.2) is 13.8 Å². The quantitative estimate of drug-likeness (QED) is 0.921. The molecule has 1 aromatic carbocycles. The van der Waals surface area contributed by atoms with E-state index in [1.807, 2.05) is 20.9 Å². The van der Waals surface area contributed by atoms with E-state index in [1.165, 1.54) is 23.5 Å². The SMILES string of the molecule is CNC(C)(C)c1nc(-c2ccc(F)cc2F)cs1. The molecule has 0 aliphatic rings. The lowest BCUT2D eigenvalue weighted by Crippen LogP contribution is -2.32. The molecule has 0 saturated heterocycles. The number of rotatable bonds is 3. The number of halogens is 2. The van der Waals surface area contributed by atoms with Crippen molar-refractivity contribution in [3.05, 3.63) is 40.2 Å². The first kappa shape index (κ1) is 13.1. The molecule has 0 aliphatic heterocycles. The topological polar surface area (TPSA) is 24.9 Å². The Morgan fingerprint density at radius 1 is 1.28 bits per heavy atom. The van der Waals surface area contributed by atoms with E-state index < -0.39 is 11.6 Å². The predicted molar refractivity (Wildman–Crippen MR) is 69.6 cm³/mol. The van der Waals surface area contributed by atoms with E-state index in [1.54, 1.807) is 5.38 Å². The predicted octanol–water partition coefficient (Wildman–Crippen LogP) is 3.54. The highest BCUT2D eigenvalue weighted by Crippen LogP contribution is 2.29. The van der Waals surface area contributed by atoms with Crippen LogP contribution in [0.25, 0.3) is 11.3 Å². The van der Waals surface area contributed by atoms with E-state index in [0.717, 1.165) is 11.1 Å². The second-order valence-electron chi connectivity index (χ2n) is 4.54. The molecule has 0 fully saturated rings. The normalized spacial score (nSPS) is 11.8. The van der Waals surface area contributed by atoms with Crippen LogP contribution in [-0.2, 0) is 5.54 Å². The molecule has 2 rings (SSSR count). The number of nitrogens with zero attached hydrogens (tertiary/aromatic N) is 1. The van der Waals surface area contributed by atoms with E-state index in [0.29, 0.717) is 11.3 Å². The van der Waals surface area contributed by atoms with Crippen molar-refractivity contribution in [1.29, 1.82) is 0 Å². The largest absolute Gasteiger partial charge is 0.309 e. The van der Waals surface area contributed by atoms with Crippen LogP contribution in [0.1, 0.15) is 18.9 Å². The van der Waals surface area contributed by atoms with Gasteiger partial charge in [-0.3, -0.25) is 0 Å². The standard InChI is InChI=1S/C13H14F2N2S/c1-13(2,16-3)12-17-11(7-18-12)9-5-4-8(14)6-10(9)15/h4-7,16H,1-3H3. The van der Waals surface area contributed by atoms with Gasteiger partial charge in [-0.05, 0) is 33.0 Å². The molecule has 1 heterocycles. The Morgan fingerprint density at radius 3 is 2.61 bits per heavy atom.